The Balaban J connectivity index is 2.05. The number of aliphatic hydroxyl groups is 1. The summed E-state index contributed by atoms with van der Waals surface area (Å²) in [4.78, 5) is 4.11. The lowest BCUT2D eigenvalue weighted by Crippen LogP contribution is -2.02. The molecule has 0 aliphatic rings. The third-order valence-electron chi connectivity index (χ3n) is 2.62. The number of aromatic nitrogens is 1. The smallest absolute Gasteiger partial charge is 0.212 e. The second-order valence-corrected chi connectivity index (χ2v) is 3.84. The second kappa shape index (κ2) is 5.46. The van der Waals surface area contributed by atoms with Gasteiger partial charge in [-0.3, -0.25) is 0 Å². The van der Waals surface area contributed by atoms with Gasteiger partial charge in [0, 0.05) is 18.7 Å². The van der Waals surface area contributed by atoms with Crippen LogP contribution in [0.4, 0.5) is 0 Å². The molecule has 2 aromatic rings. The Kier molecular flexibility index (Phi) is 3.73. The Bertz CT molecular complexity index is 453. The van der Waals surface area contributed by atoms with Gasteiger partial charge in [0.15, 0.2) is 0 Å². The van der Waals surface area contributed by atoms with Crippen LogP contribution < -0.4 is 4.74 Å². The van der Waals surface area contributed by atoms with Gasteiger partial charge in [-0.25, -0.2) is 4.98 Å². The lowest BCUT2D eigenvalue weighted by Gasteiger charge is -2.10. The average Bonchev–Trinajstić information content (AvgIpc) is 2.40. The molecule has 1 aromatic heterocycles. The molecule has 1 unspecified atom stereocenters. The van der Waals surface area contributed by atoms with E-state index in [0.717, 1.165) is 11.1 Å². The van der Waals surface area contributed by atoms with Gasteiger partial charge in [0.25, 0.3) is 0 Å². The van der Waals surface area contributed by atoms with Gasteiger partial charge in [-0.15, -0.1) is 0 Å². The third-order valence-corrected chi connectivity index (χ3v) is 2.62. The van der Waals surface area contributed by atoms with Crippen LogP contribution in [-0.2, 0) is 6.42 Å². The molecule has 17 heavy (non-hydrogen) atoms. The minimum atomic E-state index is -0.494. The van der Waals surface area contributed by atoms with Crippen molar-refractivity contribution in [3.8, 4) is 5.88 Å². The van der Waals surface area contributed by atoms with E-state index in [1.165, 1.54) is 0 Å². The van der Waals surface area contributed by atoms with E-state index in [2.05, 4.69) is 4.98 Å². The molecule has 0 fully saturated rings. The fraction of sp³-hybridized carbons (Fsp3) is 0.214. The van der Waals surface area contributed by atoms with Crippen LogP contribution >= 0.6 is 0 Å². The van der Waals surface area contributed by atoms with Crippen molar-refractivity contribution in [1.82, 2.24) is 4.98 Å². The van der Waals surface area contributed by atoms with Gasteiger partial charge >= 0.3 is 0 Å². The molecule has 0 radical (unpaired) electrons. The molecule has 0 bridgehead atoms. The summed E-state index contributed by atoms with van der Waals surface area (Å²) in [6.45, 7) is 0. The SMILES string of the molecule is COc1ccc(CC(O)c2ccccc2)cn1. The second-order valence-electron chi connectivity index (χ2n) is 3.84. The number of hydrogen-bond acceptors (Lipinski definition) is 3. The minimum Gasteiger partial charge on any atom is -0.481 e. The van der Waals surface area contributed by atoms with Crippen molar-refractivity contribution >= 4 is 0 Å². The van der Waals surface area contributed by atoms with Crippen LogP contribution in [0.25, 0.3) is 0 Å². The van der Waals surface area contributed by atoms with E-state index in [0.29, 0.717) is 12.3 Å². The quantitative estimate of drug-likeness (QED) is 0.875. The van der Waals surface area contributed by atoms with Gasteiger partial charge in [-0.2, -0.15) is 0 Å². The van der Waals surface area contributed by atoms with Crippen molar-refractivity contribution in [1.29, 1.82) is 0 Å². The maximum Gasteiger partial charge on any atom is 0.212 e. The van der Waals surface area contributed by atoms with Crippen LogP contribution in [0.2, 0.25) is 0 Å². The summed E-state index contributed by atoms with van der Waals surface area (Å²) in [7, 11) is 1.58. The largest absolute Gasteiger partial charge is 0.481 e. The summed E-state index contributed by atoms with van der Waals surface area (Å²) in [5.74, 6) is 0.586. The first-order valence-electron chi connectivity index (χ1n) is 5.51. The number of benzene rings is 1. The molecule has 1 N–H and O–H groups in total. The van der Waals surface area contributed by atoms with E-state index in [1.807, 2.05) is 36.4 Å². The van der Waals surface area contributed by atoms with E-state index >= 15 is 0 Å². The van der Waals surface area contributed by atoms with Crippen molar-refractivity contribution in [2.45, 2.75) is 12.5 Å². The van der Waals surface area contributed by atoms with Gasteiger partial charge in [0.2, 0.25) is 5.88 Å². The third kappa shape index (κ3) is 3.04. The van der Waals surface area contributed by atoms with Crippen LogP contribution in [0.1, 0.15) is 17.2 Å². The molecule has 2 rings (SSSR count). The van der Waals surface area contributed by atoms with E-state index in [9.17, 15) is 5.11 Å². The maximum atomic E-state index is 10.0. The highest BCUT2D eigenvalue weighted by atomic mass is 16.5. The number of aliphatic hydroxyl groups excluding tert-OH is 1. The van der Waals surface area contributed by atoms with Crippen LogP contribution in [0.5, 0.6) is 5.88 Å². The minimum absolute atomic E-state index is 0.494. The molecule has 0 aliphatic heterocycles. The number of hydrogen-bond donors (Lipinski definition) is 1. The van der Waals surface area contributed by atoms with Gasteiger partial charge in [0.05, 0.1) is 13.2 Å². The van der Waals surface area contributed by atoms with Crippen molar-refractivity contribution in [2.75, 3.05) is 7.11 Å². The summed E-state index contributed by atoms with van der Waals surface area (Å²) < 4.78 is 4.99. The highest BCUT2D eigenvalue weighted by Crippen LogP contribution is 2.18. The Morgan fingerprint density at radius 1 is 1.18 bits per heavy atom. The maximum absolute atomic E-state index is 10.0. The van der Waals surface area contributed by atoms with Crippen molar-refractivity contribution in [3.05, 3.63) is 59.8 Å². The van der Waals surface area contributed by atoms with Gasteiger partial charge in [-0.05, 0) is 11.1 Å². The first-order valence-corrected chi connectivity index (χ1v) is 5.51. The molecule has 0 saturated carbocycles. The topological polar surface area (TPSA) is 42.4 Å². The molecule has 1 atom stereocenters. The first-order chi connectivity index (χ1) is 8.29. The number of methoxy groups -OCH3 is 1. The Hall–Kier alpha value is -1.87. The molecule has 3 heteroatoms. The van der Waals surface area contributed by atoms with Crippen LogP contribution in [-0.4, -0.2) is 17.2 Å². The lowest BCUT2D eigenvalue weighted by molar-refractivity contribution is 0.178. The predicted octanol–water partition coefficient (Wildman–Crippen LogP) is 2.37. The fourth-order valence-corrected chi connectivity index (χ4v) is 1.67. The van der Waals surface area contributed by atoms with Gasteiger partial charge in [0.1, 0.15) is 0 Å². The first kappa shape index (κ1) is 11.6. The summed E-state index contributed by atoms with van der Waals surface area (Å²) in [5, 5.41) is 10.0. The molecule has 88 valence electrons. The monoisotopic (exact) mass is 229 g/mol. The van der Waals surface area contributed by atoms with E-state index in [-0.39, 0.29) is 0 Å². The van der Waals surface area contributed by atoms with Gasteiger partial charge < -0.3 is 9.84 Å². The zero-order valence-electron chi connectivity index (χ0n) is 9.71. The molecule has 3 nitrogen and oxygen atoms in total. The van der Waals surface area contributed by atoms with E-state index in [4.69, 9.17) is 4.74 Å². The Morgan fingerprint density at radius 2 is 1.94 bits per heavy atom. The zero-order valence-corrected chi connectivity index (χ0v) is 9.71. The van der Waals surface area contributed by atoms with E-state index in [1.54, 1.807) is 19.4 Å². The number of nitrogens with zero attached hydrogens (tertiary/aromatic N) is 1. The molecule has 0 aliphatic carbocycles. The molecular formula is C14H15NO2. The van der Waals surface area contributed by atoms with Crippen molar-refractivity contribution in [2.24, 2.45) is 0 Å². The summed E-state index contributed by atoms with van der Waals surface area (Å²) >= 11 is 0. The predicted molar refractivity (Wildman–Crippen MR) is 65.9 cm³/mol. The van der Waals surface area contributed by atoms with E-state index < -0.39 is 6.10 Å². The Morgan fingerprint density at radius 3 is 2.53 bits per heavy atom. The highest BCUT2D eigenvalue weighted by Gasteiger charge is 2.08. The van der Waals surface area contributed by atoms with Crippen molar-refractivity contribution < 1.29 is 9.84 Å². The van der Waals surface area contributed by atoms with Crippen LogP contribution in [0.3, 0.4) is 0 Å². The summed E-state index contributed by atoms with van der Waals surface area (Å²) in [6.07, 6.45) is 1.79. The lowest BCUT2D eigenvalue weighted by atomic mass is 10.0. The number of ether oxygens (including phenoxy) is 1. The van der Waals surface area contributed by atoms with Crippen LogP contribution in [0.15, 0.2) is 48.7 Å². The molecule has 0 spiro atoms. The molecule has 0 amide bonds. The molecular weight excluding hydrogens is 214 g/mol. The summed E-state index contributed by atoms with van der Waals surface area (Å²) in [5.41, 5.74) is 1.91. The molecule has 0 saturated heterocycles. The van der Waals surface area contributed by atoms with Crippen LogP contribution in [0, 0.1) is 0 Å². The molecule has 1 aromatic carbocycles. The summed E-state index contributed by atoms with van der Waals surface area (Å²) in [6, 6.07) is 13.3. The zero-order chi connectivity index (χ0) is 12.1. The fourth-order valence-electron chi connectivity index (χ4n) is 1.67. The highest BCUT2D eigenvalue weighted by molar-refractivity contribution is 5.22. The number of pyridine rings is 1. The molecule has 1 heterocycles. The normalized spacial score (nSPS) is 12.1. The average molecular weight is 229 g/mol. The standard InChI is InChI=1S/C14H15NO2/c1-17-14-8-7-11(10-15-14)9-13(16)12-5-3-2-4-6-12/h2-8,10,13,16H,9H2,1H3. The van der Waals surface area contributed by atoms with Crippen molar-refractivity contribution in [3.63, 3.8) is 0 Å². The van der Waals surface area contributed by atoms with Gasteiger partial charge in [-0.1, -0.05) is 36.4 Å². The Labute approximate surface area is 101 Å². The number of rotatable bonds is 4.